The first-order valence-corrected chi connectivity index (χ1v) is 50.9. The Morgan fingerprint density at radius 3 is 0.592 bits per heavy atom. The van der Waals surface area contributed by atoms with E-state index in [4.69, 9.17) is 0 Å². The molecule has 0 saturated carbocycles. The van der Waals surface area contributed by atoms with Gasteiger partial charge in [-0.05, 0) is 342 Å². The predicted molar refractivity (Wildman–Crippen MR) is 614 cm³/mol. The van der Waals surface area contributed by atoms with Crippen LogP contribution in [0.15, 0.2) is 493 Å². The molecule has 147 heavy (non-hydrogen) atoms. The maximum Gasteiger partial charge on any atom is 0.123 e. The van der Waals surface area contributed by atoms with Crippen molar-refractivity contribution in [2.24, 2.45) is 0 Å². The Labute approximate surface area is 863 Å². The third kappa shape index (κ3) is 16.2. The number of rotatable bonds is 23. The third-order valence-corrected chi connectivity index (χ3v) is 30.9. The molecule has 0 amide bonds. The van der Waals surface area contributed by atoms with E-state index in [-0.39, 0.29) is 27.9 Å². The Bertz CT molecular complexity index is 7930. The maximum absolute atomic E-state index is 15.6. The summed E-state index contributed by atoms with van der Waals surface area (Å²) in [5.74, 6) is -0.656. The molecule has 20 aromatic rings. The van der Waals surface area contributed by atoms with Gasteiger partial charge in [0.1, 0.15) is 11.6 Å². The van der Waals surface area contributed by atoms with Crippen LogP contribution in [0.2, 0.25) is 0 Å². The van der Waals surface area contributed by atoms with Crippen LogP contribution >= 0.6 is 0 Å². The molecule has 0 N–H and O–H groups in total. The standard InChI is InChI=1S/C141H114F2N4/c1-13-94-34-48-104(49-35-94)139(107-60-54-101(55-61-107)136(4,5)6)130-32-24-22-30-124(130)126-86-82-120(90-132(126)139)144(112-26-18-16-19-27-112)114-70-40-97(41-71-114)99-44-74-116(75-45-99)146(118-78-66-110(142)67-79-118)122-84-88-128-129-89-85-123(93-135(129)141(134(128)92-122,106-52-38-96(15-3)39-53-106)109-64-58-103(59-65-109)138(10,11)12)147(119-80-68-111(143)69-81-119)117-76-46-100(47-77-117)98-42-72-115(73-43-98)145(113-28-20-17-21-29-113)121-83-87-127-125-31-23-25-33-131(125)140(133(127)91-121,105-50-36-95(14-2)37-51-105)108-62-56-102(57-63-108)137(7,8)9/h13-93H,1-3H2,4-12H3. The minimum atomic E-state index is -0.962. The first-order chi connectivity index (χ1) is 71.4. The van der Waals surface area contributed by atoms with E-state index >= 15 is 8.78 Å². The number of nitrogens with zero attached hydrogens (tertiary/aromatic N) is 4. The van der Waals surface area contributed by atoms with Crippen LogP contribution in [0.5, 0.6) is 0 Å². The van der Waals surface area contributed by atoms with E-state index in [1.165, 1.54) is 83.5 Å². The van der Waals surface area contributed by atoms with Crippen molar-refractivity contribution in [3.05, 3.63) is 605 Å². The molecular weight excluding hydrogens is 1790 g/mol. The summed E-state index contributed by atoms with van der Waals surface area (Å²) in [6.45, 7) is 33.0. The number of hydrogen-bond donors (Lipinski definition) is 0. The summed E-state index contributed by atoms with van der Waals surface area (Å²) in [5, 5.41) is 0. The quantitative estimate of drug-likeness (QED) is 0.0633. The summed E-state index contributed by atoms with van der Waals surface area (Å²) in [6.07, 6.45) is 5.74. The van der Waals surface area contributed by atoms with E-state index in [9.17, 15) is 0 Å². The molecule has 0 spiro atoms. The van der Waals surface area contributed by atoms with E-state index in [2.05, 4.69) is 526 Å². The average molecular weight is 1900 g/mol. The summed E-state index contributed by atoms with van der Waals surface area (Å²) in [4.78, 5) is 9.26. The normalized spacial score (nSPS) is 15.2. The van der Waals surface area contributed by atoms with Crippen molar-refractivity contribution in [1.29, 1.82) is 0 Å². The first kappa shape index (κ1) is 93.3. The molecule has 0 radical (unpaired) electrons. The van der Waals surface area contributed by atoms with Gasteiger partial charge in [0.25, 0.3) is 0 Å². The van der Waals surface area contributed by atoms with Gasteiger partial charge in [0.2, 0.25) is 0 Å². The van der Waals surface area contributed by atoms with Gasteiger partial charge < -0.3 is 19.6 Å². The van der Waals surface area contributed by atoms with Gasteiger partial charge in [0.05, 0.1) is 16.2 Å². The Morgan fingerprint density at radius 2 is 0.367 bits per heavy atom. The second-order valence-corrected chi connectivity index (χ2v) is 42.4. The molecular formula is C141H114F2N4. The Morgan fingerprint density at radius 1 is 0.184 bits per heavy atom. The van der Waals surface area contributed by atoms with Gasteiger partial charge in [-0.2, -0.15) is 0 Å². The van der Waals surface area contributed by atoms with Crippen LogP contribution in [0.1, 0.15) is 162 Å². The van der Waals surface area contributed by atoms with Crippen LogP contribution in [-0.2, 0) is 32.5 Å². The summed E-state index contributed by atoms with van der Waals surface area (Å²) in [6, 6.07) is 171. The molecule has 0 saturated heterocycles. The summed E-state index contributed by atoms with van der Waals surface area (Å²) in [5.41, 5.74) is 40.9. The lowest BCUT2D eigenvalue weighted by Gasteiger charge is -2.36. The molecule has 0 aliphatic heterocycles. The number of anilines is 12. The van der Waals surface area contributed by atoms with Gasteiger partial charge in [-0.1, -0.05) is 404 Å². The molecule has 2 atom stereocenters. The van der Waals surface area contributed by atoms with Crippen LogP contribution in [0.4, 0.5) is 77.0 Å². The van der Waals surface area contributed by atoms with E-state index in [1.807, 2.05) is 42.5 Å². The highest BCUT2D eigenvalue weighted by Crippen LogP contribution is 2.63. The van der Waals surface area contributed by atoms with E-state index in [0.29, 0.717) is 0 Å². The van der Waals surface area contributed by atoms with E-state index < -0.39 is 16.2 Å². The van der Waals surface area contributed by atoms with Crippen LogP contribution < -0.4 is 19.6 Å². The molecule has 6 heteroatoms. The van der Waals surface area contributed by atoms with Crippen LogP contribution in [0.3, 0.4) is 0 Å². The largest absolute Gasteiger partial charge is 0.310 e. The molecule has 23 rings (SSSR count). The van der Waals surface area contributed by atoms with Crippen LogP contribution in [0, 0.1) is 11.6 Å². The monoisotopic (exact) mass is 1900 g/mol. The van der Waals surface area contributed by atoms with Gasteiger partial charge >= 0.3 is 0 Å². The van der Waals surface area contributed by atoms with Crippen molar-refractivity contribution in [2.45, 2.75) is 94.8 Å². The Balaban J connectivity index is 0.602. The summed E-state index contributed by atoms with van der Waals surface area (Å²) in [7, 11) is 0. The SMILES string of the molecule is C=Cc1ccc(C2(c3ccc(C(C)(C)C)cc3)c3ccccc3-c3ccc(N(c4ccccc4)c4ccc(-c5ccc(N(c6ccc(F)cc6)c6ccc7c(c6)C(c6ccc(C=C)cc6)(c6ccc(C(C)(C)C)cc6)c6cc(N(c8ccc(F)cc8)c8ccc(-c9ccc(N(c%10ccccc%10)c%10ccc%11c(c%10)C(c%10ccc(C=C)cc%10)(c%10ccc(C(C)(C)C)cc%10)c%10ccccc%10-%11)cc9)cc8)ccc6-7)cc5)cc4)cc32)cc1. The highest BCUT2D eigenvalue weighted by atomic mass is 19.1. The second kappa shape index (κ2) is 37.1. The number of fused-ring (bicyclic) bond motifs is 9. The zero-order chi connectivity index (χ0) is 101. The zero-order valence-corrected chi connectivity index (χ0v) is 84.4. The summed E-state index contributed by atoms with van der Waals surface area (Å²) >= 11 is 0. The lowest BCUT2D eigenvalue weighted by molar-refractivity contribution is 0.589. The maximum atomic E-state index is 15.6. The topological polar surface area (TPSA) is 13.0 Å². The lowest BCUT2D eigenvalue weighted by atomic mass is 9.67. The molecule has 2 unspecified atom stereocenters. The van der Waals surface area contributed by atoms with Crippen molar-refractivity contribution in [2.75, 3.05) is 19.6 Å². The van der Waals surface area contributed by atoms with Gasteiger partial charge in [0, 0.05) is 68.2 Å². The van der Waals surface area contributed by atoms with E-state index in [1.54, 1.807) is 24.3 Å². The number of halogens is 2. The minimum Gasteiger partial charge on any atom is -0.310 e. The highest BCUT2D eigenvalue weighted by molar-refractivity contribution is 5.96. The van der Waals surface area contributed by atoms with Crippen molar-refractivity contribution in [3.63, 3.8) is 0 Å². The van der Waals surface area contributed by atoms with Crippen molar-refractivity contribution in [3.8, 4) is 55.6 Å². The number of para-hydroxylation sites is 2. The van der Waals surface area contributed by atoms with Gasteiger partial charge in [-0.25, -0.2) is 8.78 Å². The first-order valence-electron chi connectivity index (χ1n) is 50.9. The van der Waals surface area contributed by atoms with E-state index in [0.717, 1.165) is 141 Å². The summed E-state index contributed by atoms with van der Waals surface area (Å²) < 4.78 is 31.2. The second-order valence-electron chi connectivity index (χ2n) is 42.4. The Kier molecular flexibility index (Phi) is 23.6. The van der Waals surface area contributed by atoms with Crippen molar-refractivity contribution in [1.82, 2.24) is 0 Å². The van der Waals surface area contributed by atoms with Gasteiger partial charge in [0.15, 0.2) is 0 Å². The van der Waals surface area contributed by atoms with Crippen molar-refractivity contribution >= 4 is 86.5 Å². The molecule has 0 aromatic heterocycles. The number of benzene rings is 20. The van der Waals surface area contributed by atoms with Crippen molar-refractivity contribution < 1.29 is 8.78 Å². The Hall–Kier alpha value is -17.3. The molecule has 712 valence electrons. The average Bonchev–Trinajstić information content (AvgIpc) is 1.54. The third-order valence-electron chi connectivity index (χ3n) is 30.9. The predicted octanol–water partition coefficient (Wildman–Crippen LogP) is 38.1. The lowest BCUT2D eigenvalue weighted by Crippen LogP contribution is -2.29. The minimum absolute atomic E-state index is 0.0284. The molecule has 0 fully saturated rings. The molecule has 0 heterocycles. The molecule has 4 nitrogen and oxygen atoms in total. The molecule has 3 aliphatic carbocycles. The van der Waals surface area contributed by atoms with Gasteiger partial charge in [-0.15, -0.1) is 0 Å². The van der Waals surface area contributed by atoms with Crippen LogP contribution in [0.25, 0.3) is 73.9 Å². The number of hydrogen-bond acceptors (Lipinski definition) is 4. The fourth-order valence-corrected chi connectivity index (χ4v) is 23.4. The molecule has 3 aliphatic rings. The van der Waals surface area contributed by atoms with Gasteiger partial charge in [-0.3, -0.25) is 0 Å². The zero-order valence-electron chi connectivity index (χ0n) is 84.4. The smallest absolute Gasteiger partial charge is 0.123 e. The van der Waals surface area contributed by atoms with Crippen LogP contribution in [-0.4, -0.2) is 0 Å². The molecule has 20 aromatic carbocycles. The fourth-order valence-electron chi connectivity index (χ4n) is 23.4. The highest BCUT2D eigenvalue weighted by Gasteiger charge is 2.51. The molecule has 0 bridgehead atoms. The fraction of sp³-hybridized carbons (Fsp3) is 0.106.